The number of carbonyl (C=O) groups is 1. The summed E-state index contributed by atoms with van der Waals surface area (Å²) in [5, 5.41) is 4.48. The first-order chi connectivity index (χ1) is 11.5. The van der Waals surface area contributed by atoms with Crippen LogP contribution in [0.1, 0.15) is 23.7 Å². The van der Waals surface area contributed by atoms with Gasteiger partial charge in [-0.3, -0.25) is 4.79 Å². The van der Waals surface area contributed by atoms with E-state index < -0.39 is 0 Å². The Hall–Kier alpha value is -2.08. The zero-order valence-electron chi connectivity index (χ0n) is 14.0. The Balaban J connectivity index is 1.52. The summed E-state index contributed by atoms with van der Waals surface area (Å²) in [5.41, 5.74) is 2.35. The summed E-state index contributed by atoms with van der Waals surface area (Å²) in [6.07, 6.45) is 0.894. The van der Waals surface area contributed by atoms with Gasteiger partial charge in [0.25, 0.3) is 0 Å². The van der Waals surface area contributed by atoms with E-state index in [9.17, 15) is 4.79 Å². The molecule has 1 aliphatic rings. The highest BCUT2D eigenvalue weighted by molar-refractivity contribution is 6.30. The standard InChI is InChI=1S/C17H21ClN4O2/c1-12-3-4-14(18)11-15(12)21-7-9-22(10-8-21)17(23)6-5-16-19-13(2)20-24-16/h3-4,11H,5-10H2,1-2H3. The molecule has 2 heterocycles. The Morgan fingerprint density at radius 1 is 1.25 bits per heavy atom. The van der Waals surface area contributed by atoms with Crippen molar-refractivity contribution in [2.45, 2.75) is 26.7 Å². The van der Waals surface area contributed by atoms with Crippen molar-refractivity contribution in [3.63, 3.8) is 0 Å². The minimum Gasteiger partial charge on any atom is -0.368 e. The number of carbonyl (C=O) groups excluding carboxylic acids is 1. The molecular weight excluding hydrogens is 328 g/mol. The number of aryl methyl sites for hydroxylation is 3. The average molecular weight is 349 g/mol. The third-order valence-electron chi connectivity index (χ3n) is 4.27. The van der Waals surface area contributed by atoms with Crippen LogP contribution in [0.5, 0.6) is 0 Å². The van der Waals surface area contributed by atoms with E-state index in [-0.39, 0.29) is 5.91 Å². The Kier molecular flexibility index (Phi) is 5.04. The van der Waals surface area contributed by atoms with Crippen molar-refractivity contribution in [1.29, 1.82) is 0 Å². The molecule has 24 heavy (non-hydrogen) atoms. The number of amides is 1. The van der Waals surface area contributed by atoms with E-state index in [0.717, 1.165) is 23.8 Å². The summed E-state index contributed by atoms with van der Waals surface area (Å²) in [4.78, 5) is 20.7. The van der Waals surface area contributed by atoms with Gasteiger partial charge < -0.3 is 14.3 Å². The lowest BCUT2D eigenvalue weighted by Gasteiger charge is -2.37. The van der Waals surface area contributed by atoms with Crippen molar-refractivity contribution < 1.29 is 9.32 Å². The number of anilines is 1. The summed E-state index contributed by atoms with van der Waals surface area (Å²) in [6.45, 7) is 6.90. The van der Waals surface area contributed by atoms with E-state index in [1.54, 1.807) is 6.92 Å². The number of hydrogen-bond donors (Lipinski definition) is 0. The van der Waals surface area contributed by atoms with Crippen LogP contribution in [0.3, 0.4) is 0 Å². The summed E-state index contributed by atoms with van der Waals surface area (Å²) in [5.74, 6) is 1.25. The molecule has 1 amide bonds. The Morgan fingerprint density at radius 2 is 2.00 bits per heavy atom. The average Bonchev–Trinajstić information content (AvgIpc) is 3.00. The van der Waals surface area contributed by atoms with E-state index in [2.05, 4.69) is 22.0 Å². The number of aromatic nitrogens is 2. The zero-order chi connectivity index (χ0) is 17.1. The molecule has 0 bridgehead atoms. The molecular formula is C17H21ClN4O2. The molecule has 0 saturated carbocycles. The molecule has 1 saturated heterocycles. The lowest BCUT2D eigenvalue weighted by Crippen LogP contribution is -2.49. The largest absolute Gasteiger partial charge is 0.368 e. The van der Waals surface area contributed by atoms with Crippen LogP contribution in [0.4, 0.5) is 5.69 Å². The number of hydrogen-bond acceptors (Lipinski definition) is 5. The molecule has 1 aliphatic heterocycles. The first-order valence-electron chi connectivity index (χ1n) is 8.11. The fraction of sp³-hybridized carbons (Fsp3) is 0.471. The van der Waals surface area contributed by atoms with Gasteiger partial charge in [0.1, 0.15) is 0 Å². The first kappa shape index (κ1) is 16.8. The minimum absolute atomic E-state index is 0.133. The maximum absolute atomic E-state index is 12.3. The SMILES string of the molecule is Cc1noc(CCC(=O)N2CCN(c3cc(Cl)ccc3C)CC2)n1. The van der Waals surface area contributed by atoms with Crippen molar-refractivity contribution in [3.05, 3.63) is 40.5 Å². The molecule has 0 N–H and O–H groups in total. The van der Waals surface area contributed by atoms with Crippen LogP contribution in [0, 0.1) is 13.8 Å². The van der Waals surface area contributed by atoms with Crippen LogP contribution >= 0.6 is 11.6 Å². The van der Waals surface area contributed by atoms with Gasteiger partial charge in [0.2, 0.25) is 11.8 Å². The second-order valence-corrected chi connectivity index (χ2v) is 6.47. The van der Waals surface area contributed by atoms with Gasteiger partial charge in [-0.25, -0.2) is 0 Å². The Morgan fingerprint density at radius 3 is 2.67 bits per heavy atom. The van der Waals surface area contributed by atoms with Crippen LogP contribution in [0.25, 0.3) is 0 Å². The lowest BCUT2D eigenvalue weighted by molar-refractivity contribution is -0.131. The van der Waals surface area contributed by atoms with Crippen LogP contribution < -0.4 is 4.90 Å². The highest BCUT2D eigenvalue weighted by Crippen LogP contribution is 2.25. The quantitative estimate of drug-likeness (QED) is 0.850. The van der Waals surface area contributed by atoms with Gasteiger partial charge in [-0.1, -0.05) is 22.8 Å². The molecule has 2 aromatic rings. The third-order valence-corrected chi connectivity index (χ3v) is 4.50. The smallest absolute Gasteiger partial charge is 0.227 e. The lowest BCUT2D eigenvalue weighted by atomic mass is 10.1. The van der Waals surface area contributed by atoms with Gasteiger partial charge >= 0.3 is 0 Å². The Bertz CT molecular complexity index is 723. The molecule has 3 rings (SSSR count). The normalized spacial score (nSPS) is 15.0. The molecule has 6 nitrogen and oxygen atoms in total. The maximum atomic E-state index is 12.3. The third kappa shape index (κ3) is 3.87. The molecule has 7 heteroatoms. The van der Waals surface area contributed by atoms with Gasteiger partial charge in [0, 0.05) is 49.7 Å². The van der Waals surface area contributed by atoms with Crippen LogP contribution in [-0.2, 0) is 11.2 Å². The van der Waals surface area contributed by atoms with E-state index in [1.807, 2.05) is 23.1 Å². The zero-order valence-corrected chi connectivity index (χ0v) is 14.7. The second kappa shape index (κ2) is 7.21. The van der Waals surface area contributed by atoms with Crippen LogP contribution in [0.15, 0.2) is 22.7 Å². The predicted molar refractivity (Wildman–Crippen MR) is 92.3 cm³/mol. The van der Waals surface area contributed by atoms with Gasteiger partial charge in [-0.15, -0.1) is 0 Å². The fourth-order valence-electron chi connectivity index (χ4n) is 2.93. The molecule has 1 aromatic heterocycles. The van der Waals surface area contributed by atoms with Crippen LogP contribution in [-0.4, -0.2) is 47.1 Å². The van der Waals surface area contributed by atoms with Gasteiger partial charge in [-0.05, 0) is 31.5 Å². The van der Waals surface area contributed by atoms with E-state index in [4.69, 9.17) is 16.1 Å². The van der Waals surface area contributed by atoms with Crippen molar-refractivity contribution in [1.82, 2.24) is 15.0 Å². The van der Waals surface area contributed by atoms with E-state index >= 15 is 0 Å². The highest BCUT2D eigenvalue weighted by atomic mass is 35.5. The van der Waals surface area contributed by atoms with Crippen molar-refractivity contribution >= 4 is 23.2 Å². The molecule has 128 valence electrons. The highest BCUT2D eigenvalue weighted by Gasteiger charge is 2.22. The van der Waals surface area contributed by atoms with Crippen molar-refractivity contribution in [2.75, 3.05) is 31.1 Å². The number of rotatable bonds is 4. The fourth-order valence-corrected chi connectivity index (χ4v) is 3.10. The summed E-state index contributed by atoms with van der Waals surface area (Å²) >= 11 is 6.11. The summed E-state index contributed by atoms with van der Waals surface area (Å²) < 4.78 is 5.05. The predicted octanol–water partition coefficient (Wildman–Crippen LogP) is 2.62. The molecule has 0 spiro atoms. The van der Waals surface area contributed by atoms with Crippen LogP contribution in [0.2, 0.25) is 5.02 Å². The van der Waals surface area contributed by atoms with Gasteiger partial charge in [-0.2, -0.15) is 4.98 Å². The van der Waals surface area contributed by atoms with Gasteiger partial charge in [0.15, 0.2) is 5.82 Å². The van der Waals surface area contributed by atoms with E-state index in [1.165, 1.54) is 5.56 Å². The summed E-state index contributed by atoms with van der Waals surface area (Å²) in [7, 11) is 0. The first-order valence-corrected chi connectivity index (χ1v) is 8.49. The summed E-state index contributed by atoms with van der Waals surface area (Å²) in [6, 6.07) is 5.92. The molecule has 1 fully saturated rings. The molecule has 0 atom stereocenters. The molecule has 1 aromatic carbocycles. The number of benzene rings is 1. The number of nitrogens with zero attached hydrogens (tertiary/aromatic N) is 4. The minimum atomic E-state index is 0.133. The molecule has 0 unspecified atom stereocenters. The van der Waals surface area contributed by atoms with Gasteiger partial charge in [0.05, 0.1) is 0 Å². The van der Waals surface area contributed by atoms with E-state index in [0.29, 0.717) is 37.6 Å². The Labute approximate surface area is 146 Å². The monoisotopic (exact) mass is 348 g/mol. The molecule has 0 radical (unpaired) electrons. The van der Waals surface area contributed by atoms with Crippen molar-refractivity contribution in [2.24, 2.45) is 0 Å². The number of halogens is 1. The van der Waals surface area contributed by atoms with Crippen molar-refractivity contribution in [3.8, 4) is 0 Å². The topological polar surface area (TPSA) is 62.5 Å². The maximum Gasteiger partial charge on any atom is 0.227 e. The number of piperazine rings is 1. The second-order valence-electron chi connectivity index (χ2n) is 6.03. The molecule has 0 aliphatic carbocycles.